The zero-order chi connectivity index (χ0) is 23.8. The van der Waals surface area contributed by atoms with Crippen molar-refractivity contribution < 1.29 is 9.59 Å². The summed E-state index contributed by atoms with van der Waals surface area (Å²) in [6, 6.07) is 22.1. The van der Waals surface area contributed by atoms with E-state index in [0.717, 1.165) is 4.90 Å². The van der Waals surface area contributed by atoms with Crippen LogP contribution in [0.1, 0.15) is 35.6 Å². The zero-order valence-electron chi connectivity index (χ0n) is 17.5. The molecule has 162 valence electrons. The van der Waals surface area contributed by atoms with Crippen LogP contribution >= 0.6 is 23.2 Å². The summed E-state index contributed by atoms with van der Waals surface area (Å²) in [5, 5.41) is 19.1. The van der Waals surface area contributed by atoms with E-state index in [4.69, 9.17) is 23.2 Å². The summed E-state index contributed by atoms with van der Waals surface area (Å²) in [6.45, 7) is 1.85. The molecule has 1 unspecified atom stereocenters. The molecule has 3 aromatic rings. The Morgan fingerprint density at radius 2 is 1.30 bits per heavy atom. The Balaban J connectivity index is 2.01. The summed E-state index contributed by atoms with van der Waals surface area (Å²) < 4.78 is 0. The second-order valence-corrected chi connectivity index (χ2v) is 8.63. The molecule has 0 aromatic heterocycles. The van der Waals surface area contributed by atoms with Gasteiger partial charge in [0.15, 0.2) is 0 Å². The first-order valence-electron chi connectivity index (χ1n) is 10.2. The number of imide groups is 1. The number of benzene rings is 3. The third kappa shape index (κ3) is 3.56. The first-order chi connectivity index (χ1) is 15.9. The molecule has 33 heavy (non-hydrogen) atoms. The predicted octanol–water partition coefficient (Wildman–Crippen LogP) is 5.62. The molecule has 0 bridgehead atoms. The van der Waals surface area contributed by atoms with Crippen LogP contribution in [0.25, 0.3) is 0 Å². The number of carbonyl (C=O) groups is 2. The number of anilines is 1. The third-order valence-electron chi connectivity index (χ3n) is 6.03. The Kier molecular flexibility index (Phi) is 5.95. The molecule has 0 spiro atoms. The minimum Gasteiger partial charge on any atom is -0.274 e. The molecule has 0 radical (unpaired) electrons. The molecule has 3 aromatic carbocycles. The maximum atomic E-state index is 14.2. The van der Waals surface area contributed by atoms with Gasteiger partial charge in [-0.15, -0.1) is 0 Å². The molecule has 2 amide bonds. The summed E-state index contributed by atoms with van der Waals surface area (Å²) in [6.07, 6.45) is 0.384. The average molecular weight is 474 g/mol. The van der Waals surface area contributed by atoms with Crippen LogP contribution in [-0.4, -0.2) is 11.8 Å². The number of rotatable bonds is 4. The lowest BCUT2D eigenvalue weighted by Gasteiger charge is -2.32. The zero-order valence-corrected chi connectivity index (χ0v) is 19.1. The second kappa shape index (κ2) is 8.71. The Hall–Kier alpha value is -3.64. The highest BCUT2D eigenvalue weighted by Crippen LogP contribution is 2.49. The lowest BCUT2D eigenvalue weighted by Crippen LogP contribution is -2.42. The summed E-state index contributed by atoms with van der Waals surface area (Å²) in [5.41, 5.74) is 1.01. The van der Waals surface area contributed by atoms with E-state index < -0.39 is 17.2 Å². The monoisotopic (exact) mass is 473 g/mol. The summed E-state index contributed by atoms with van der Waals surface area (Å²) in [4.78, 5) is 29.1. The van der Waals surface area contributed by atoms with Gasteiger partial charge in [0.25, 0.3) is 0 Å². The van der Waals surface area contributed by atoms with Crippen molar-refractivity contribution in [3.05, 3.63) is 99.0 Å². The molecule has 1 aliphatic heterocycles. The number of carbonyl (C=O) groups excluding carboxylic acids is 2. The number of hydrogen-bond donors (Lipinski definition) is 0. The fraction of sp³-hybridized carbons (Fsp3) is 0.154. The lowest BCUT2D eigenvalue weighted by atomic mass is 9.66. The van der Waals surface area contributed by atoms with Crippen molar-refractivity contribution >= 4 is 40.7 Å². The van der Waals surface area contributed by atoms with Gasteiger partial charge in [0, 0.05) is 10.0 Å². The van der Waals surface area contributed by atoms with Crippen LogP contribution in [0.3, 0.4) is 0 Å². The molecule has 1 heterocycles. The van der Waals surface area contributed by atoms with Crippen molar-refractivity contribution in [1.82, 2.24) is 0 Å². The van der Waals surface area contributed by atoms with Gasteiger partial charge in [0.05, 0.1) is 34.9 Å². The number of nitriles is 2. The van der Waals surface area contributed by atoms with E-state index in [1.807, 2.05) is 6.92 Å². The van der Waals surface area contributed by atoms with Crippen molar-refractivity contribution in [2.75, 3.05) is 4.90 Å². The topological polar surface area (TPSA) is 85.0 Å². The molecule has 0 saturated carbocycles. The molecular weight excluding hydrogens is 457 g/mol. The van der Waals surface area contributed by atoms with Gasteiger partial charge in [-0.25, -0.2) is 4.90 Å². The van der Waals surface area contributed by atoms with E-state index in [9.17, 15) is 20.1 Å². The van der Waals surface area contributed by atoms with Gasteiger partial charge in [-0.05, 0) is 60.0 Å². The van der Waals surface area contributed by atoms with E-state index in [-0.39, 0.29) is 5.91 Å². The Morgan fingerprint density at radius 1 is 0.848 bits per heavy atom. The van der Waals surface area contributed by atoms with Crippen molar-refractivity contribution in [3.8, 4) is 12.1 Å². The highest BCUT2D eigenvalue weighted by molar-refractivity contribution is 6.36. The van der Waals surface area contributed by atoms with Crippen LogP contribution in [0, 0.1) is 28.6 Å². The SMILES string of the molecule is CCC1C(=O)N(c2cc(Cl)cc(Cl)c2)C(=O)C1(c1ccc(C#N)cc1)c1ccc(C#N)cc1. The van der Waals surface area contributed by atoms with E-state index >= 15 is 0 Å². The van der Waals surface area contributed by atoms with Gasteiger partial charge < -0.3 is 0 Å². The van der Waals surface area contributed by atoms with E-state index in [2.05, 4.69) is 12.1 Å². The highest BCUT2D eigenvalue weighted by atomic mass is 35.5. The minimum atomic E-state index is -1.34. The molecule has 1 aliphatic rings. The maximum absolute atomic E-state index is 14.2. The fourth-order valence-corrected chi connectivity index (χ4v) is 5.11. The van der Waals surface area contributed by atoms with Crippen LogP contribution < -0.4 is 4.90 Å². The van der Waals surface area contributed by atoms with Crippen molar-refractivity contribution in [2.45, 2.75) is 18.8 Å². The summed E-state index contributed by atoms with van der Waals surface area (Å²) in [7, 11) is 0. The van der Waals surface area contributed by atoms with Crippen LogP contribution in [0.5, 0.6) is 0 Å². The maximum Gasteiger partial charge on any atom is 0.249 e. The quantitative estimate of drug-likeness (QED) is 0.460. The van der Waals surface area contributed by atoms with Crippen molar-refractivity contribution in [3.63, 3.8) is 0 Å². The summed E-state index contributed by atoms with van der Waals surface area (Å²) in [5.74, 6) is -1.52. The Labute approximate surface area is 201 Å². The number of nitrogens with zero attached hydrogens (tertiary/aromatic N) is 3. The first kappa shape index (κ1) is 22.6. The minimum absolute atomic E-state index is 0.296. The van der Waals surface area contributed by atoms with Gasteiger partial charge in [-0.1, -0.05) is 54.4 Å². The van der Waals surface area contributed by atoms with Gasteiger partial charge in [0.1, 0.15) is 5.41 Å². The lowest BCUT2D eigenvalue weighted by molar-refractivity contribution is -0.122. The molecule has 7 heteroatoms. The predicted molar refractivity (Wildman–Crippen MR) is 126 cm³/mol. The van der Waals surface area contributed by atoms with E-state index in [1.165, 1.54) is 18.2 Å². The van der Waals surface area contributed by atoms with Crippen molar-refractivity contribution in [2.24, 2.45) is 5.92 Å². The smallest absolute Gasteiger partial charge is 0.249 e. The van der Waals surface area contributed by atoms with Crippen LogP contribution in [0.2, 0.25) is 10.0 Å². The van der Waals surface area contributed by atoms with Crippen molar-refractivity contribution in [1.29, 1.82) is 10.5 Å². The largest absolute Gasteiger partial charge is 0.274 e. The van der Waals surface area contributed by atoms with Gasteiger partial charge in [-0.2, -0.15) is 10.5 Å². The van der Waals surface area contributed by atoms with E-state index in [1.54, 1.807) is 48.5 Å². The van der Waals surface area contributed by atoms with Gasteiger partial charge >= 0.3 is 0 Å². The molecule has 1 fully saturated rings. The second-order valence-electron chi connectivity index (χ2n) is 7.75. The number of halogens is 2. The summed E-state index contributed by atoms with van der Waals surface area (Å²) >= 11 is 12.3. The molecule has 1 saturated heterocycles. The standard InChI is InChI=1S/C26H17Cl2N3O2/c1-2-23-24(32)31(22-12-20(27)11-21(28)13-22)25(33)26(23,18-7-3-16(14-29)4-8-18)19-9-5-17(15-30)6-10-19/h3-13,23H,2H2,1H3. The number of hydrogen-bond acceptors (Lipinski definition) is 4. The molecule has 4 rings (SSSR count). The number of amides is 2. The van der Waals surface area contributed by atoms with Gasteiger partial charge in [-0.3, -0.25) is 9.59 Å². The van der Waals surface area contributed by atoms with Gasteiger partial charge in [0.2, 0.25) is 11.8 Å². The molecule has 0 N–H and O–H groups in total. The Bertz CT molecular complexity index is 1260. The fourth-order valence-electron chi connectivity index (χ4n) is 4.59. The average Bonchev–Trinajstić information content (AvgIpc) is 3.05. The highest BCUT2D eigenvalue weighted by Gasteiger charge is 2.60. The van der Waals surface area contributed by atoms with E-state index in [0.29, 0.717) is 44.4 Å². The molecular formula is C26H17Cl2N3O2. The van der Waals surface area contributed by atoms with Crippen LogP contribution in [0.15, 0.2) is 66.7 Å². The third-order valence-corrected chi connectivity index (χ3v) is 6.47. The normalized spacial score (nSPS) is 17.0. The Morgan fingerprint density at radius 3 is 1.70 bits per heavy atom. The molecule has 0 aliphatic carbocycles. The van der Waals surface area contributed by atoms with Crippen LogP contribution in [0.4, 0.5) is 5.69 Å². The molecule has 1 atom stereocenters. The van der Waals surface area contributed by atoms with Crippen LogP contribution in [-0.2, 0) is 15.0 Å². The molecule has 5 nitrogen and oxygen atoms in total. The first-order valence-corrected chi connectivity index (χ1v) is 11.0.